The van der Waals surface area contributed by atoms with Gasteiger partial charge in [0.25, 0.3) is 0 Å². The van der Waals surface area contributed by atoms with Gasteiger partial charge >= 0.3 is 0 Å². The van der Waals surface area contributed by atoms with Crippen molar-refractivity contribution < 1.29 is 30.3 Å². The molecule has 0 radical (unpaired) electrons. The van der Waals surface area contributed by atoms with Gasteiger partial charge in [0.15, 0.2) is 0 Å². The summed E-state index contributed by atoms with van der Waals surface area (Å²) in [6.45, 7) is 4.06. The van der Waals surface area contributed by atoms with Gasteiger partial charge in [-0.1, -0.05) is 36.4 Å². The molecule has 0 fully saturated rings. The van der Waals surface area contributed by atoms with E-state index in [0.29, 0.717) is 26.3 Å². The van der Waals surface area contributed by atoms with Crippen LogP contribution in [0, 0.1) is 0 Å². The first-order valence-electron chi connectivity index (χ1n) is 11.1. The Morgan fingerprint density at radius 3 is 1.40 bits per heavy atom. The second kappa shape index (κ2) is 15.7. The van der Waals surface area contributed by atoms with Crippen molar-refractivity contribution in [2.75, 3.05) is 39.4 Å². The average Bonchev–Trinajstić information content (AvgIpc) is 2.79. The fraction of sp³-hybridized carbons (Fsp3) is 0.500. The molecule has 0 bridgehead atoms. The largest absolute Gasteiger partial charge is 0.491 e. The molecule has 0 aliphatic rings. The zero-order valence-electron chi connectivity index (χ0n) is 17.9. The van der Waals surface area contributed by atoms with Crippen molar-refractivity contribution >= 4 is 0 Å². The number of hydrogen-bond donors (Lipinski definition) is 4. The summed E-state index contributed by atoms with van der Waals surface area (Å²) in [5.74, 6) is 1.59. The normalized spacial score (nSPS) is 13.0. The Bertz CT molecular complexity index is 585. The lowest BCUT2D eigenvalue weighted by molar-refractivity contribution is -0.662. The smallest absolute Gasteiger partial charge is 0.137 e. The summed E-state index contributed by atoms with van der Waals surface area (Å²) in [7, 11) is 0. The molecule has 6 N–H and O–H groups in total. The van der Waals surface area contributed by atoms with Gasteiger partial charge in [0.05, 0.1) is 13.1 Å². The molecule has 30 heavy (non-hydrogen) atoms. The van der Waals surface area contributed by atoms with Gasteiger partial charge in [0.2, 0.25) is 0 Å². The van der Waals surface area contributed by atoms with Crippen LogP contribution in [0.3, 0.4) is 0 Å². The molecule has 2 aromatic carbocycles. The van der Waals surface area contributed by atoms with Crippen LogP contribution in [0.25, 0.3) is 0 Å². The fourth-order valence-corrected chi connectivity index (χ4v) is 3.11. The zero-order chi connectivity index (χ0) is 21.3. The Morgan fingerprint density at radius 1 is 0.600 bits per heavy atom. The van der Waals surface area contributed by atoms with Crippen molar-refractivity contribution in [3.05, 3.63) is 60.7 Å². The summed E-state index contributed by atoms with van der Waals surface area (Å²) in [6, 6.07) is 19.2. The molecule has 0 amide bonds. The molecule has 6 nitrogen and oxygen atoms in total. The summed E-state index contributed by atoms with van der Waals surface area (Å²) >= 11 is 0. The summed E-state index contributed by atoms with van der Waals surface area (Å²) < 4.78 is 11.1. The Morgan fingerprint density at radius 2 is 1.00 bits per heavy atom. The van der Waals surface area contributed by atoms with Gasteiger partial charge in [-0.15, -0.1) is 0 Å². The molecule has 0 aromatic heterocycles. The molecular weight excluding hydrogens is 380 g/mol. The monoisotopic (exact) mass is 418 g/mol. The lowest BCUT2D eigenvalue weighted by Crippen LogP contribution is -2.86. The molecule has 166 valence electrons. The maximum Gasteiger partial charge on any atom is 0.137 e. The third kappa shape index (κ3) is 11.8. The maximum atomic E-state index is 9.97. The van der Waals surface area contributed by atoms with E-state index in [1.54, 1.807) is 0 Å². The Labute approximate surface area is 180 Å². The molecule has 0 saturated carbocycles. The maximum absolute atomic E-state index is 9.97. The highest BCUT2D eigenvalue weighted by molar-refractivity contribution is 5.21. The van der Waals surface area contributed by atoms with Crippen molar-refractivity contribution in [1.82, 2.24) is 0 Å². The van der Waals surface area contributed by atoms with E-state index in [0.717, 1.165) is 37.4 Å². The van der Waals surface area contributed by atoms with E-state index in [-0.39, 0.29) is 0 Å². The number of aliphatic hydroxyl groups excluding tert-OH is 2. The highest BCUT2D eigenvalue weighted by Crippen LogP contribution is 2.08. The minimum Gasteiger partial charge on any atom is -0.491 e. The quantitative estimate of drug-likeness (QED) is 0.283. The standard InChI is InChI=1S/C24H36N2O4/c27-21(19-29-23-11-5-3-6-12-23)17-25-15-9-1-2-10-16-26-18-22(28)20-30-24-13-7-4-8-14-24/h3-8,11-14,21-22,25-28H,1-2,9-10,15-20H2/p+2/t21-,22-/m1/s1. The molecule has 0 unspecified atom stereocenters. The van der Waals surface area contributed by atoms with E-state index in [4.69, 9.17) is 9.47 Å². The van der Waals surface area contributed by atoms with Crippen molar-refractivity contribution in [2.45, 2.75) is 37.9 Å². The number of aliphatic hydroxyl groups is 2. The van der Waals surface area contributed by atoms with Crippen LogP contribution >= 0.6 is 0 Å². The molecule has 0 aliphatic carbocycles. The van der Waals surface area contributed by atoms with Crippen molar-refractivity contribution in [3.8, 4) is 11.5 Å². The Hall–Kier alpha value is -2.12. The third-order valence-electron chi connectivity index (χ3n) is 4.82. The molecule has 0 aliphatic heterocycles. The average molecular weight is 419 g/mol. The zero-order valence-corrected chi connectivity index (χ0v) is 17.9. The van der Waals surface area contributed by atoms with Gasteiger partial charge in [-0.2, -0.15) is 0 Å². The Kier molecular flexibility index (Phi) is 12.6. The van der Waals surface area contributed by atoms with Crippen LogP contribution in [0.5, 0.6) is 11.5 Å². The predicted molar refractivity (Wildman–Crippen MR) is 118 cm³/mol. The number of quaternary nitrogens is 2. The number of hydrogen-bond acceptors (Lipinski definition) is 4. The molecule has 6 heteroatoms. The van der Waals surface area contributed by atoms with Crippen molar-refractivity contribution in [2.24, 2.45) is 0 Å². The number of ether oxygens (including phenoxy) is 2. The number of nitrogens with two attached hydrogens (primary N) is 2. The second-order valence-corrected chi connectivity index (χ2v) is 7.60. The van der Waals surface area contributed by atoms with Crippen LogP contribution in [-0.4, -0.2) is 61.8 Å². The van der Waals surface area contributed by atoms with Crippen LogP contribution in [0.2, 0.25) is 0 Å². The molecule has 0 heterocycles. The first-order valence-corrected chi connectivity index (χ1v) is 11.1. The topological polar surface area (TPSA) is 92.1 Å². The van der Waals surface area contributed by atoms with Gasteiger partial charge < -0.3 is 30.3 Å². The van der Waals surface area contributed by atoms with E-state index in [2.05, 4.69) is 10.6 Å². The summed E-state index contributed by atoms with van der Waals surface area (Å²) in [4.78, 5) is 0. The van der Waals surface area contributed by atoms with Crippen molar-refractivity contribution in [3.63, 3.8) is 0 Å². The number of benzene rings is 2. The molecule has 0 saturated heterocycles. The molecule has 2 atom stereocenters. The number of para-hydroxylation sites is 2. The van der Waals surface area contributed by atoms with Crippen molar-refractivity contribution in [1.29, 1.82) is 0 Å². The van der Waals surface area contributed by atoms with E-state index in [9.17, 15) is 10.2 Å². The summed E-state index contributed by atoms with van der Waals surface area (Å²) in [5.41, 5.74) is 0. The van der Waals surface area contributed by atoms with Gasteiger partial charge in [0.1, 0.15) is 50.0 Å². The predicted octanol–water partition coefficient (Wildman–Crippen LogP) is 0.553. The highest BCUT2D eigenvalue weighted by Gasteiger charge is 2.08. The second-order valence-electron chi connectivity index (χ2n) is 7.60. The minimum absolute atomic E-state index is 0.332. The highest BCUT2D eigenvalue weighted by atomic mass is 16.5. The van der Waals surface area contributed by atoms with E-state index < -0.39 is 12.2 Å². The van der Waals surface area contributed by atoms with Gasteiger partial charge in [-0.25, -0.2) is 0 Å². The lowest BCUT2D eigenvalue weighted by Gasteiger charge is -2.11. The minimum atomic E-state index is -0.447. The number of unbranched alkanes of at least 4 members (excludes halogenated alkanes) is 3. The summed E-state index contributed by atoms with van der Waals surface area (Å²) in [5, 5.41) is 24.3. The first-order chi connectivity index (χ1) is 14.7. The van der Waals surface area contributed by atoms with E-state index in [1.807, 2.05) is 60.7 Å². The van der Waals surface area contributed by atoms with Crippen LogP contribution in [0.4, 0.5) is 0 Å². The fourth-order valence-electron chi connectivity index (χ4n) is 3.11. The Balaban J connectivity index is 1.33. The first kappa shape index (κ1) is 24.2. The number of rotatable bonds is 17. The van der Waals surface area contributed by atoms with Crippen LogP contribution < -0.4 is 20.1 Å². The van der Waals surface area contributed by atoms with E-state index in [1.165, 1.54) is 12.8 Å². The molecule has 2 aromatic rings. The van der Waals surface area contributed by atoms with Crippen LogP contribution in [-0.2, 0) is 0 Å². The van der Waals surface area contributed by atoms with Crippen LogP contribution in [0.15, 0.2) is 60.7 Å². The van der Waals surface area contributed by atoms with Gasteiger partial charge in [-0.05, 0) is 49.9 Å². The van der Waals surface area contributed by atoms with Gasteiger partial charge in [-0.3, -0.25) is 0 Å². The van der Waals surface area contributed by atoms with E-state index >= 15 is 0 Å². The van der Waals surface area contributed by atoms with Crippen LogP contribution in [0.1, 0.15) is 25.7 Å². The van der Waals surface area contributed by atoms with Gasteiger partial charge in [0, 0.05) is 0 Å². The lowest BCUT2D eigenvalue weighted by atomic mass is 10.2. The summed E-state index contributed by atoms with van der Waals surface area (Å²) in [6.07, 6.45) is 3.80. The molecular formula is C24H38N2O4+2. The molecule has 0 spiro atoms. The molecule has 2 rings (SSSR count). The third-order valence-corrected chi connectivity index (χ3v) is 4.82. The SMILES string of the molecule is O[C@H](C[NH2+]CCCCCC[NH2+]C[C@@H](O)COc1ccccc1)COc1ccccc1.